The van der Waals surface area contributed by atoms with Gasteiger partial charge in [0.25, 0.3) is 0 Å². The molecule has 0 radical (unpaired) electrons. The first-order valence-corrected chi connectivity index (χ1v) is 6.81. The molecule has 0 spiro atoms. The van der Waals surface area contributed by atoms with Gasteiger partial charge in [-0.3, -0.25) is 0 Å². The van der Waals surface area contributed by atoms with Crippen molar-refractivity contribution in [3.63, 3.8) is 0 Å². The van der Waals surface area contributed by atoms with E-state index in [2.05, 4.69) is 10.6 Å². The summed E-state index contributed by atoms with van der Waals surface area (Å²) < 4.78 is 4.95. The van der Waals surface area contributed by atoms with Crippen molar-refractivity contribution >= 4 is 6.03 Å². The van der Waals surface area contributed by atoms with E-state index in [-0.39, 0.29) is 12.1 Å². The molecule has 5 heteroatoms. The highest BCUT2D eigenvalue weighted by atomic mass is 16.5. The summed E-state index contributed by atoms with van der Waals surface area (Å²) >= 11 is 0. The number of nitrogens with one attached hydrogen (secondary N) is 2. The summed E-state index contributed by atoms with van der Waals surface area (Å²) in [5.74, 6) is 0. The Kier molecular flexibility index (Phi) is 6.43. The third-order valence-corrected chi connectivity index (χ3v) is 3.49. The van der Waals surface area contributed by atoms with Crippen molar-refractivity contribution in [2.75, 3.05) is 20.3 Å². The van der Waals surface area contributed by atoms with Crippen molar-refractivity contribution in [2.24, 2.45) is 0 Å². The van der Waals surface area contributed by atoms with Crippen molar-refractivity contribution in [1.29, 1.82) is 0 Å². The topological polar surface area (TPSA) is 70.6 Å². The van der Waals surface area contributed by atoms with Crippen molar-refractivity contribution < 1.29 is 14.6 Å². The number of carbonyl (C=O) groups is 1. The van der Waals surface area contributed by atoms with Gasteiger partial charge in [0.1, 0.15) is 0 Å². The van der Waals surface area contributed by atoms with Crippen LogP contribution in [-0.4, -0.2) is 43.0 Å². The molecule has 0 aromatic rings. The van der Waals surface area contributed by atoms with Gasteiger partial charge < -0.3 is 20.5 Å². The number of aliphatic hydroxyl groups is 1. The van der Waals surface area contributed by atoms with E-state index >= 15 is 0 Å². The Hall–Kier alpha value is -0.810. The Morgan fingerprint density at radius 1 is 1.39 bits per heavy atom. The van der Waals surface area contributed by atoms with Crippen LogP contribution in [-0.2, 0) is 4.74 Å². The smallest absolute Gasteiger partial charge is 0.315 e. The summed E-state index contributed by atoms with van der Waals surface area (Å²) in [6.07, 6.45) is 5.63. The third kappa shape index (κ3) is 5.69. The molecule has 0 aliphatic heterocycles. The fraction of sp³-hybridized carbons (Fsp3) is 0.923. The second kappa shape index (κ2) is 7.59. The Balaban J connectivity index is 2.19. The van der Waals surface area contributed by atoms with E-state index in [4.69, 9.17) is 4.74 Å². The number of ether oxygens (including phenoxy) is 1. The third-order valence-electron chi connectivity index (χ3n) is 3.49. The van der Waals surface area contributed by atoms with Crippen molar-refractivity contribution in [3.8, 4) is 0 Å². The largest absolute Gasteiger partial charge is 0.388 e. The van der Waals surface area contributed by atoms with Crippen molar-refractivity contribution in [3.05, 3.63) is 0 Å². The number of carbonyl (C=O) groups excluding carboxylic acids is 1. The predicted octanol–water partition coefficient (Wildman–Crippen LogP) is 1.41. The van der Waals surface area contributed by atoms with Crippen LogP contribution in [0.15, 0.2) is 0 Å². The molecule has 1 aliphatic carbocycles. The summed E-state index contributed by atoms with van der Waals surface area (Å²) in [5, 5.41) is 15.8. The maximum Gasteiger partial charge on any atom is 0.315 e. The second-order valence-corrected chi connectivity index (χ2v) is 5.29. The number of hydrogen-bond acceptors (Lipinski definition) is 3. The summed E-state index contributed by atoms with van der Waals surface area (Å²) in [6, 6.07) is -0.136. The number of urea groups is 1. The molecule has 0 aromatic carbocycles. The Bertz CT molecular complexity index is 253. The maximum absolute atomic E-state index is 11.6. The Morgan fingerprint density at radius 3 is 2.67 bits per heavy atom. The van der Waals surface area contributed by atoms with E-state index in [9.17, 15) is 9.90 Å². The summed E-state index contributed by atoms with van der Waals surface area (Å²) in [4.78, 5) is 11.6. The highest BCUT2D eigenvalue weighted by Crippen LogP contribution is 2.27. The molecule has 3 N–H and O–H groups in total. The van der Waals surface area contributed by atoms with E-state index in [1.807, 2.05) is 6.92 Å². The van der Waals surface area contributed by atoms with Gasteiger partial charge in [-0.1, -0.05) is 19.3 Å². The molecule has 1 atom stereocenters. The van der Waals surface area contributed by atoms with E-state index in [1.165, 1.54) is 6.42 Å². The van der Waals surface area contributed by atoms with Gasteiger partial charge in [-0.15, -0.1) is 0 Å². The highest BCUT2D eigenvalue weighted by molar-refractivity contribution is 5.74. The van der Waals surface area contributed by atoms with Crippen molar-refractivity contribution in [1.82, 2.24) is 10.6 Å². The van der Waals surface area contributed by atoms with Gasteiger partial charge in [0, 0.05) is 26.3 Å². The van der Waals surface area contributed by atoms with Gasteiger partial charge in [-0.05, 0) is 26.2 Å². The molecule has 1 aliphatic rings. The lowest BCUT2D eigenvalue weighted by molar-refractivity contribution is 0.00711. The van der Waals surface area contributed by atoms with Crippen LogP contribution in [0.1, 0.15) is 45.4 Å². The lowest BCUT2D eigenvalue weighted by atomic mass is 9.85. The van der Waals surface area contributed by atoms with Gasteiger partial charge >= 0.3 is 6.03 Å². The first kappa shape index (κ1) is 15.2. The molecular formula is C13H26N2O3. The zero-order chi connectivity index (χ0) is 13.4. The molecule has 5 nitrogen and oxygen atoms in total. The molecule has 2 amide bonds. The second-order valence-electron chi connectivity index (χ2n) is 5.29. The standard InChI is InChI=1S/C13H26N2O3/c1-11(6-9-18-2)15-12(16)14-10-13(17)7-4-3-5-8-13/h11,17H,3-10H2,1-2H3,(H2,14,15,16). The van der Waals surface area contributed by atoms with Gasteiger partial charge in [0.05, 0.1) is 5.60 Å². The average Bonchev–Trinajstić information content (AvgIpc) is 2.35. The highest BCUT2D eigenvalue weighted by Gasteiger charge is 2.29. The molecule has 1 saturated carbocycles. The zero-order valence-electron chi connectivity index (χ0n) is 11.5. The monoisotopic (exact) mass is 258 g/mol. The Morgan fingerprint density at radius 2 is 2.06 bits per heavy atom. The van der Waals surface area contributed by atoms with Crippen LogP contribution in [0.3, 0.4) is 0 Å². The van der Waals surface area contributed by atoms with Crippen LogP contribution in [0.5, 0.6) is 0 Å². The minimum absolute atomic E-state index is 0.0750. The quantitative estimate of drug-likeness (QED) is 0.674. The normalized spacial score (nSPS) is 20.2. The number of hydrogen-bond donors (Lipinski definition) is 3. The molecule has 0 saturated heterocycles. The SMILES string of the molecule is COCCC(C)NC(=O)NCC1(O)CCCCC1. The maximum atomic E-state index is 11.6. The van der Waals surface area contributed by atoms with Crippen LogP contribution in [0, 0.1) is 0 Å². The van der Waals surface area contributed by atoms with Gasteiger partial charge in [0.2, 0.25) is 0 Å². The minimum Gasteiger partial charge on any atom is -0.388 e. The van der Waals surface area contributed by atoms with Crippen LogP contribution in [0.2, 0.25) is 0 Å². The molecule has 0 bridgehead atoms. The fourth-order valence-electron chi connectivity index (χ4n) is 2.27. The van der Waals surface area contributed by atoms with Crippen LogP contribution >= 0.6 is 0 Å². The van der Waals surface area contributed by atoms with E-state index < -0.39 is 5.60 Å². The fourth-order valence-corrected chi connectivity index (χ4v) is 2.27. The molecule has 0 heterocycles. The molecule has 0 aromatic heterocycles. The van der Waals surface area contributed by atoms with Gasteiger partial charge in [-0.2, -0.15) is 0 Å². The van der Waals surface area contributed by atoms with E-state index in [0.717, 1.165) is 32.1 Å². The number of rotatable bonds is 6. The average molecular weight is 258 g/mol. The van der Waals surface area contributed by atoms with E-state index in [0.29, 0.717) is 13.2 Å². The van der Waals surface area contributed by atoms with Gasteiger partial charge in [-0.25, -0.2) is 4.79 Å². The minimum atomic E-state index is -0.703. The number of amides is 2. The lowest BCUT2D eigenvalue weighted by Crippen LogP contribution is -2.49. The Labute approximate surface area is 109 Å². The molecule has 1 rings (SSSR count). The molecular weight excluding hydrogens is 232 g/mol. The van der Waals surface area contributed by atoms with Crippen LogP contribution in [0.4, 0.5) is 4.79 Å². The number of methoxy groups -OCH3 is 1. The van der Waals surface area contributed by atoms with Crippen molar-refractivity contribution in [2.45, 2.75) is 57.1 Å². The lowest BCUT2D eigenvalue weighted by Gasteiger charge is -2.32. The molecule has 1 fully saturated rings. The van der Waals surface area contributed by atoms with Crippen LogP contribution < -0.4 is 10.6 Å². The first-order chi connectivity index (χ1) is 8.56. The summed E-state index contributed by atoms with van der Waals surface area (Å²) in [5.41, 5.74) is -0.703. The summed E-state index contributed by atoms with van der Waals surface area (Å²) in [6.45, 7) is 2.91. The first-order valence-electron chi connectivity index (χ1n) is 6.81. The van der Waals surface area contributed by atoms with E-state index in [1.54, 1.807) is 7.11 Å². The molecule has 18 heavy (non-hydrogen) atoms. The van der Waals surface area contributed by atoms with Crippen LogP contribution in [0.25, 0.3) is 0 Å². The predicted molar refractivity (Wildman–Crippen MR) is 70.5 cm³/mol. The van der Waals surface area contributed by atoms with Gasteiger partial charge in [0.15, 0.2) is 0 Å². The zero-order valence-corrected chi connectivity index (χ0v) is 11.5. The molecule has 1 unspecified atom stereocenters. The summed E-state index contributed by atoms with van der Waals surface area (Å²) in [7, 11) is 1.64. The molecule has 106 valence electrons.